The van der Waals surface area contributed by atoms with E-state index in [2.05, 4.69) is 9.05 Å². The van der Waals surface area contributed by atoms with Gasteiger partial charge in [-0.1, -0.05) is 6.92 Å². The lowest BCUT2D eigenvalue weighted by molar-refractivity contribution is -0.155. The van der Waals surface area contributed by atoms with E-state index in [9.17, 15) is 9.36 Å². The number of phosphoric ester groups is 1. The Bertz CT molecular complexity index is 281. The fraction of sp³-hybridized carbons (Fsp3) is 0.900. The third-order valence-electron chi connectivity index (χ3n) is 2.45. The van der Waals surface area contributed by atoms with Crippen LogP contribution >= 0.6 is 7.82 Å². The molecule has 0 aromatic heterocycles. The second-order valence-corrected chi connectivity index (χ2v) is 5.90. The van der Waals surface area contributed by atoms with E-state index in [0.717, 1.165) is 0 Å². The summed E-state index contributed by atoms with van der Waals surface area (Å²) in [5.41, 5.74) is -0.522. The first-order chi connectivity index (χ1) is 7.81. The quantitative estimate of drug-likeness (QED) is 0.382. The summed E-state index contributed by atoms with van der Waals surface area (Å²) in [7, 11) is -1.04. The summed E-state index contributed by atoms with van der Waals surface area (Å²) in [4.78, 5) is 11.6. The Labute approximate surface area is 102 Å². The highest BCUT2D eigenvalue weighted by Crippen LogP contribution is 2.47. The predicted molar refractivity (Wildman–Crippen MR) is 62.6 cm³/mol. The fourth-order valence-corrected chi connectivity index (χ4v) is 1.46. The standard InChI is InChI=1S/C10H21O6P/c1-6-10(2,3)9(11)15-7-8-16-17(12,13-4)14-5/h6-8H2,1-5H3. The maximum absolute atomic E-state index is 11.6. The largest absolute Gasteiger partial charge is 0.474 e. The molecule has 102 valence electrons. The zero-order valence-corrected chi connectivity index (χ0v) is 11.9. The zero-order chi connectivity index (χ0) is 13.5. The summed E-state index contributed by atoms with van der Waals surface area (Å²) < 4.78 is 30.4. The van der Waals surface area contributed by atoms with Gasteiger partial charge >= 0.3 is 13.8 Å². The van der Waals surface area contributed by atoms with Crippen LogP contribution in [0.4, 0.5) is 0 Å². The first kappa shape index (κ1) is 16.6. The van der Waals surface area contributed by atoms with Crippen molar-refractivity contribution in [2.75, 3.05) is 27.4 Å². The molecule has 0 aliphatic carbocycles. The molecule has 7 heteroatoms. The number of phosphoric acid groups is 1. The summed E-state index contributed by atoms with van der Waals surface area (Å²) in [6.45, 7) is 5.47. The average molecular weight is 268 g/mol. The van der Waals surface area contributed by atoms with Crippen LogP contribution in [0.25, 0.3) is 0 Å². The normalized spacial score (nSPS) is 12.5. The van der Waals surface area contributed by atoms with Gasteiger partial charge in [-0.3, -0.25) is 18.4 Å². The van der Waals surface area contributed by atoms with Gasteiger partial charge in [0.15, 0.2) is 0 Å². The maximum atomic E-state index is 11.6. The summed E-state index contributed by atoms with van der Waals surface area (Å²) in [6, 6.07) is 0. The molecule has 17 heavy (non-hydrogen) atoms. The monoisotopic (exact) mass is 268 g/mol. The molecular weight excluding hydrogens is 247 g/mol. The first-order valence-corrected chi connectivity index (χ1v) is 6.80. The Hall–Kier alpha value is -0.420. The van der Waals surface area contributed by atoms with E-state index in [0.29, 0.717) is 6.42 Å². The number of hydrogen-bond acceptors (Lipinski definition) is 6. The van der Waals surface area contributed by atoms with Gasteiger partial charge in [0.1, 0.15) is 6.61 Å². The molecule has 0 fully saturated rings. The average Bonchev–Trinajstić information content (AvgIpc) is 2.33. The van der Waals surface area contributed by atoms with E-state index in [4.69, 9.17) is 9.26 Å². The topological polar surface area (TPSA) is 71.1 Å². The van der Waals surface area contributed by atoms with Crippen molar-refractivity contribution in [1.29, 1.82) is 0 Å². The maximum Gasteiger partial charge on any atom is 0.474 e. The fourth-order valence-electron chi connectivity index (χ4n) is 0.803. The van der Waals surface area contributed by atoms with Crippen molar-refractivity contribution in [3.8, 4) is 0 Å². The Balaban J connectivity index is 3.94. The van der Waals surface area contributed by atoms with Crippen LogP contribution in [0.2, 0.25) is 0 Å². The predicted octanol–water partition coefficient (Wildman–Crippen LogP) is 2.38. The van der Waals surface area contributed by atoms with Crippen molar-refractivity contribution >= 4 is 13.8 Å². The summed E-state index contributed by atoms with van der Waals surface area (Å²) >= 11 is 0. The Morgan fingerprint density at radius 1 is 1.18 bits per heavy atom. The highest BCUT2D eigenvalue weighted by atomic mass is 31.2. The van der Waals surface area contributed by atoms with Gasteiger partial charge < -0.3 is 4.74 Å². The Morgan fingerprint density at radius 2 is 1.71 bits per heavy atom. The lowest BCUT2D eigenvalue weighted by Crippen LogP contribution is -2.26. The molecule has 0 aromatic rings. The number of esters is 1. The minimum atomic E-state index is -3.48. The SMILES string of the molecule is CCC(C)(C)C(=O)OCCOP(=O)(OC)OC. The molecule has 0 atom stereocenters. The number of carbonyl (C=O) groups is 1. The molecule has 0 rings (SSSR count). The van der Waals surface area contributed by atoms with E-state index in [1.165, 1.54) is 14.2 Å². The van der Waals surface area contributed by atoms with E-state index < -0.39 is 13.2 Å². The lowest BCUT2D eigenvalue weighted by Gasteiger charge is -2.20. The van der Waals surface area contributed by atoms with E-state index in [1.807, 2.05) is 6.92 Å². The Morgan fingerprint density at radius 3 is 2.12 bits per heavy atom. The number of ether oxygens (including phenoxy) is 1. The van der Waals surface area contributed by atoms with E-state index in [1.54, 1.807) is 13.8 Å². The molecule has 0 saturated heterocycles. The molecule has 0 saturated carbocycles. The second-order valence-electron chi connectivity index (χ2n) is 4.02. The van der Waals surface area contributed by atoms with E-state index >= 15 is 0 Å². The smallest absolute Gasteiger partial charge is 0.463 e. The molecule has 0 N–H and O–H groups in total. The van der Waals surface area contributed by atoms with Crippen molar-refractivity contribution in [3.05, 3.63) is 0 Å². The van der Waals surface area contributed by atoms with E-state index in [-0.39, 0.29) is 19.2 Å². The molecule has 0 aliphatic rings. The van der Waals surface area contributed by atoms with Crippen LogP contribution in [0, 0.1) is 5.41 Å². The minimum absolute atomic E-state index is 0.0129. The zero-order valence-electron chi connectivity index (χ0n) is 11.0. The third-order valence-corrected chi connectivity index (χ3v) is 3.84. The van der Waals surface area contributed by atoms with Crippen LogP contribution in [0.5, 0.6) is 0 Å². The van der Waals surface area contributed by atoms with Crippen molar-refractivity contribution < 1.29 is 27.7 Å². The van der Waals surface area contributed by atoms with Gasteiger partial charge in [0, 0.05) is 14.2 Å². The van der Waals surface area contributed by atoms with Gasteiger partial charge in [-0.05, 0) is 20.3 Å². The second kappa shape index (κ2) is 7.11. The molecule has 0 aromatic carbocycles. The summed E-state index contributed by atoms with van der Waals surface area (Å²) in [5.74, 6) is -0.312. The molecule has 0 unspecified atom stereocenters. The van der Waals surface area contributed by atoms with Crippen molar-refractivity contribution in [2.24, 2.45) is 5.41 Å². The molecule has 0 amide bonds. The van der Waals surface area contributed by atoms with Crippen molar-refractivity contribution in [1.82, 2.24) is 0 Å². The molecule has 6 nitrogen and oxygen atoms in total. The summed E-state index contributed by atoms with van der Waals surface area (Å²) in [6.07, 6.45) is 0.682. The van der Waals surface area contributed by atoms with Gasteiger partial charge in [0.25, 0.3) is 0 Å². The highest BCUT2D eigenvalue weighted by Gasteiger charge is 2.27. The van der Waals surface area contributed by atoms with Crippen LogP contribution in [0.1, 0.15) is 27.2 Å². The van der Waals surface area contributed by atoms with Gasteiger partial charge in [-0.25, -0.2) is 4.57 Å². The van der Waals surface area contributed by atoms with Gasteiger partial charge in [-0.15, -0.1) is 0 Å². The third kappa shape index (κ3) is 5.64. The van der Waals surface area contributed by atoms with Gasteiger partial charge in [-0.2, -0.15) is 0 Å². The number of hydrogen-bond donors (Lipinski definition) is 0. The Kier molecular flexibility index (Phi) is 6.94. The summed E-state index contributed by atoms with van der Waals surface area (Å²) in [5, 5.41) is 0. The minimum Gasteiger partial charge on any atom is -0.463 e. The number of rotatable bonds is 8. The first-order valence-electron chi connectivity index (χ1n) is 5.34. The van der Waals surface area contributed by atoms with Crippen LogP contribution in [-0.2, 0) is 27.7 Å². The molecule has 0 spiro atoms. The number of carbonyl (C=O) groups excluding carboxylic acids is 1. The van der Waals surface area contributed by atoms with Crippen LogP contribution in [-0.4, -0.2) is 33.4 Å². The van der Waals surface area contributed by atoms with Crippen molar-refractivity contribution in [2.45, 2.75) is 27.2 Å². The molecule has 0 heterocycles. The van der Waals surface area contributed by atoms with Gasteiger partial charge in [0.05, 0.1) is 12.0 Å². The van der Waals surface area contributed by atoms with Crippen LogP contribution in [0.15, 0.2) is 0 Å². The molecule has 0 radical (unpaired) electrons. The van der Waals surface area contributed by atoms with Gasteiger partial charge in [0.2, 0.25) is 0 Å². The highest BCUT2D eigenvalue weighted by molar-refractivity contribution is 7.48. The van der Waals surface area contributed by atoms with Crippen LogP contribution in [0.3, 0.4) is 0 Å². The molecule has 0 bridgehead atoms. The lowest BCUT2D eigenvalue weighted by atomic mass is 9.91. The van der Waals surface area contributed by atoms with Crippen LogP contribution < -0.4 is 0 Å². The molecular formula is C10H21O6P. The van der Waals surface area contributed by atoms with Crippen molar-refractivity contribution in [3.63, 3.8) is 0 Å². The molecule has 0 aliphatic heterocycles.